The van der Waals surface area contributed by atoms with Gasteiger partial charge in [0.25, 0.3) is 0 Å². The van der Waals surface area contributed by atoms with E-state index in [0.29, 0.717) is 0 Å². The summed E-state index contributed by atoms with van der Waals surface area (Å²) in [7, 11) is 0. The molecule has 3 N–H and O–H groups in total. The Bertz CT molecular complexity index is 345. The van der Waals surface area contributed by atoms with Crippen molar-refractivity contribution in [3.8, 4) is 0 Å². The van der Waals surface area contributed by atoms with Crippen LogP contribution in [0.2, 0.25) is 0 Å². The molecule has 0 radical (unpaired) electrons. The van der Waals surface area contributed by atoms with Crippen LogP contribution < -0.4 is 11.3 Å². The molecule has 0 amide bonds. The van der Waals surface area contributed by atoms with Crippen LogP contribution in [0.5, 0.6) is 0 Å². The largest absolute Gasteiger partial charge is 0.377 e. The molecule has 0 aliphatic rings. The highest BCUT2D eigenvalue weighted by Gasteiger charge is 2.17. The average Bonchev–Trinajstić information content (AvgIpc) is 2.24. The number of nitrogens with two attached hydrogens (primary N) is 1. The van der Waals surface area contributed by atoms with Crippen molar-refractivity contribution in [2.24, 2.45) is 5.84 Å². The highest BCUT2D eigenvalue weighted by Crippen LogP contribution is 2.19. The van der Waals surface area contributed by atoms with E-state index >= 15 is 0 Å². The summed E-state index contributed by atoms with van der Waals surface area (Å²) in [6.07, 6.45) is 0.00692. The van der Waals surface area contributed by atoms with Crippen molar-refractivity contribution >= 4 is 0 Å². The number of hydrazine groups is 1. The molecule has 1 unspecified atom stereocenters. The molecule has 1 aromatic carbocycles. The van der Waals surface area contributed by atoms with Crippen LogP contribution >= 0.6 is 0 Å². The SMILES string of the molecule is CC(C)OCC(NN)c1cccc(F)c1F. The maximum absolute atomic E-state index is 13.4. The van der Waals surface area contributed by atoms with Crippen LogP contribution in [0.4, 0.5) is 8.78 Å². The average molecular weight is 230 g/mol. The van der Waals surface area contributed by atoms with Gasteiger partial charge in [0.05, 0.1) is 18.8 Å². The minimum Gasteiger partial charge on any atom is -0.377 e. The predicted octanol–water partition coefficient (Wildman–Crippen LogP) is 1.89. The van der Waals surface area contributed by atoms with E-state index in [-0.39, 0.29) is 18.3 Å². The first-order valence-electron chi connectivity index (χ1n) is 5.08. The van der Waals surface area contributed by atoms with Crippen molar-refractivity contribution in [3.63, 3.8) is 0 Å². The lowest BCUT2D eigenvalue weighted by molar-refractivity contribution is 0.0603. The predicted molar refractivity (Wildman–Crippen MR) is 57.5 cm³/mol. The van der Waals surface area contributed by atoms with Gasteiger partial charge in [-0.15, -0.1) is 0 Å². The molecule has 0 heterocycles. The Kier molecular flexibility index (Phi) is 4.79. The smallest absolute Gasteiger partial charge is 0.163 e. The Morgan fingerprint density at radius 3 is 2.62 bits per heavy atom. The second-order valence-electron chi connectivity index (χ2n) is 3.74. The molecule has 1 rings (SSSR count). The van der Waals surface area contributed by atoms with Gasteiger partial charge in [0.15, 0.2) is 11.6 Å². The van der Waals surface area contributed by atoms with Gasteiger partial charge in [-0.05, 0) is 19.9 Å². The van der Waals surface area contributed by atoms with Crippen LogP contribution in [0.25, 0.3) is 0 Å². The Morgan fingerprint density at radius 1 is 1.38 bits per heavy atom. The zero-order chi connectivity index (χ0) is 12.1. The summed E-state index contributed by atoms with van der Waals surface area (Å²) >= 11 is 0. The van der Waals surface area contributed by atoms with Crippen LogP contribution in [-0.2, 0) is 4.74 Å². The normalized spacial score (nSPS) is 13.1. The molecule has 16 heavy (non-hydrogen) atoms. The van der Waals surface area contributed by atoms with Crippen LogP contribution in [0.1, 0.15) is 25.5 Å². The lowest BCUT2D eigenvalue weighted by Gasteiger charge is -2.18. The third-order valence-corrected chi connectivity index (χ3v) is 2.15. The zero-order valence-electron chi connectivity index (χ0n) is 9.34. The van der Waals surface area contributed by atoms with Gasteiger partial charge in [0, 0.05) is 5.56 Å². The first kappa shape index (κ1) is 13.0. The maximum Gasteiger partial charge on any atom is 0.163 e. The summed E-state index contributed by atoms with van der Waals surface area (Å²) in [5.74, 6) is 3.51. The van der Waals surface area contributed by atoms with Crippen molar-refractivity contribution in [1.82, 2.24) is 5.43 Å². The molecule has 1 aromatic rings. The lowest BCUT2D eigenvalue weighted by Crippen LogP contribution is -2.33. The summed E-state index contributed by atoms with van der Waals surface area (Å²) in [6, 6.07) is 3.42. The van der Waals surface area contributed by atoms with Crippen molar-refractivity contribution in [3.05, 3.63) is 35.4 Å². The minimum absolute atomic E-state index is 0.00692. The fourth-order valence-corrected chi connectivity index (χ4v) is 1.31. The third kappa shape index (κ3) is 3.23. The van der Waals surface area contributed by atoms with Crippen LogP contribution in [0, 0.1) is 11.6 Å². The number of ether oxygens (including phenoxy) is 1. The zero-order valence-corrected chi connectivity index (χ0v) is 9.34. The first-order valence-corrected chi connectivity index (χ1v) is 5.08. The highest BCUT2D eigenvalue weighted by atomic mass is 19.2. The van der Waals surface area contributed by atoms with Crippen molar-refractivity contribution in [1.29, 1.82) is 0 Å². The van der Waals surface area contributed by atoms with Crippen molar-refractivity contribution in [2.75, 3.05) is 6.61 Å². The molecule has 0 aliphatic heterocycles. The number of rotatable bonds is 5. The molecule has 0 bridgehead atoms. The molecule has 0 spiro atoms. The quantitative estimate of drug-likeness (QED) is 0.600. The first-order chi connectivity index (χ1) is 7.56. The molecule has 0 saturated heterocycles. The van der Waals surface area contributed by atoms with E-state index in [9.17, 15) is 8.78 Å². The van der Waals surface area contributed by atoms with E-state index < -0.39 is 17.7 Å². The Labute approximate surface area is 93.6 Å². The number of nitrogens with one attached hydrogen (secondary N) is 1. The number of halogens is 2. The van der Waals surface area contributed by atoms with Gasteiger partial charge in [-0.25, -0.2) is 8.78 Å². The Hall–Kier alpha value is -1.04. The lowest BCUT2D eigenvalue weighted by atomic mass is 10.1. The molecule has 1 atom stereocenters. The monoisotopic (exact) mass is 230 g/mol. The summed E-state index contributed by atoms with van der Waals surface area (Å²) in [4.78, 5) is 0. The maximum atomic E-state index is 13.4. The minimum atomic E-state index is -0.891. The Balaban J connectivity index is 2.82. The van der Waals surface area contributed by atoms with E-state index in [4.69, 9.17) is 10.6 Å². The number of hydrogen-bond donors (Lipinski definition) is 2. The van der Waals surface area contributed by atoms with Crippen molar-refractivity contribution < 1.29 is 13.5 Å². The van der Waals surface area contributed by atoms with Crippen LogP contribution in [0.15, 0.2) is 18.2 Å². The molecule has 90 valence electrons. The van der Waals surface area contributed by atoms with Gasteiger partial charge < -0.3 is 4.74 Å². The molecule has 0 saturated carbocycles. The number of hydrogen-bond acceptors (Lipinski definition) is 3. The summed E-state index contributed by atoms with van der Waals surface area (Å²) in [5, 5.41) is 0. The summed E-state index contributed by atoms with van der Waals surface area (Å²) in [6.45, 7) is 3.90. The molecule has 0 aliphatic carbocycles. The molecule has 5 heteroatoms. The van der Waals surface area contributed by atoms with Gasteiger partial charge in [-0.3, -0.25) is 11.3 Å². The van der Waals surface area contributed by atoms with Gasteiger partial charge in [-0.2, -0.15) is 0 Å². The van der Waals surface area contributed by atoms with E-state index in [1.165, 1.54) is 12.1 Å². The van der Waals surface area contributed by atoms with Gasteiger partial charge in [-0.1, -0.05) is 12.1 Å². The van der Waals surface area contributed by atoms with Gasteiger partial charge >= 0.3 is 0 Å². The van der Waals surface area contributed by atoms with E-state index in [2.05, 4.69) is 5.43 Å². The fourth-order valence-electron chi connectivity index (χ4n) is 1.31. The van der Waals surface area contributed by atoms with E-state index in [1.54, 1.807) is 0 Å². The molecule has 3 nitrogen and oxygen atoms in total. The fraction of sp³-hybridized carbons (Fsp3) is 0.455. The van der Waals surface area contributed by atoms with E-state index in [1.807, 2.05) is 13.8 Å². The topological polar surface area (TPSA) is 47.3 Å². The van der Waals surface area contributed by atoms with Crippen molar-refractivity contribution in [2.45, 2.75) is 26.0 Å². The summed E-state index contributed by atoms with van der Waals surface area (Å²) < 4.78 is 31.7. The van der Waals surface area contributed by atoms with Gasteiger partial charge in [0.2, 0.25) is 0 Å². The number of benzene rings is 1. The third-order valence-electron chi connectivity index (χ3n) is 2.15. The standard InChI is InChI=1S/C11H16F2N2O/c1-7(2)16-6-10(15-14)8-4-3-5-9(12)11(8)13/h3-5,7,10,15H,6,14H2,1-2H3. The van der Waals surface area contributed by atoms with Crippen LogP contribution in [0.3, 0.4) is 0 Å². The molecular formula is C11H16F2N2O. The highest BCUT2D eigenvalue weighted by molar-refractivity contribution is 5.22. The molecule has 0 fully saturated rings. The summed E-state index contributed by atoms with van der Waals surface area (Å²) in [5.41, 5.74) is 2.58. The second kappa shape index (κ2) is 5.89. The Morgan fingerprint density at radius 2 is 2.06 bits per heavy atom. The van der Waals surface area contributed by atoms with Gasteiger partial charge in [0.1, 0.15) is 0 Å². The molecular weight excluding hydrogens is 214 g/mol. The molecule has 0 aromatic heterocycles. The van der Waals surface area contributed by atoms with E-state index in [0.717, 1.165) is 6.07 Å². The van der Waals surface area contributed by atoms with Crippen LogP contribution in [-0.4, -0.2) is 12.7 Å². The second-order valence-corrected chi connectivity index (χ2v) is 3.74.